The number of fused-ring (bicyclic) bond motifs is 1. The van der Waals surface area contributed by atoms with E-state index in [1.165, 1.54) is 5.56 Å². The van der Waals surface area contributed by atoms with Gasteiger partial charge in [-0.2, -0.15) is 0 Å². The van der Waals surface area contributed by atoms with Gasteiger partial charge in [-0.1, -0.05) is 24.3 Å². The number of hydrogen-bond acceptors (Lipinski definition) is 5. The molecule has 3 heterocycles. The van der Waals surface area contributed by atoms with E-state index in [1.807, 2.05) is 25.1 Å². The fourth-order valence-electron chi connectivity index (χ4n) is 4.53. The van der Waals surface area contributed by atoms with Gasteiger partial charge in [-0.05, 0) is 56.4 Å². The van der Waals surface area contributed by atoms with Gasteiger partial charge < -0.3 is 19.3 Å². The van der Waals surface area contributed by atoms with Crippen LogP contribution in [0.2, 0.25) is 0 Å². The van der Waals surface area contributed by atoms with Crippen molar-refractivity contribution < 1.29 is 19.1 Å². The van der Waals surface area contributed by atoms with Crippen LogP contribution >= 0.6 is 0 Å². The number of aromatic nitrogens is 1. The van der Waals surface area contributed by atoms with Crippen molar-refractivity contribution in [1.29, 1.82) is 0 Å². The number of morpholine rings is 1. The third-order valence-corrected chi connectivity index (χ3v) is 6.28. The molecule has 32 heavy (non-hydrogen) atoms. The van der Waals surface area contributed by atoms with Crippen molar-refractivity contribution in [3.8, 4) is 5.75 Å². The SMILES string of the molecule is CCN1CCOc2ccccc2CCCCC2(CN(C(=O)c3ccccn3)CCO2)C1=O. The maximum absolute atomic E-state index is 13.7. The largest absolute Gasteiger partial charge is 0.491 e. The van der Waals surface area contributed by atoms with Crippen molar-refractivity contribution in [2.24, 2.45) is 0 Å². The van der Waals surface area contributed by atoms with Gasteiger partial charge in [-0.15, -0.1) is 0 Å². The van der Waals surface area contributed by atoms with E-state index in [9.17, 15) is 9.59 Å². The molecule has 0 bridgehead atoms. The lowest BCUT2D eigenvalue weighted by atomic mass is 9.91. The van der Waals surface area contributed by atoms with Crippen LogP contribution in [0.5, 0.6) is 5.75 Å². The summed E-state index contributed by atoms with van der Waals surface area (Å²) < 4.78 is 12.2. The summed E-state index contributed by atoms with van der Waals surface area (Å²) in [5.74, 6) is 0.677. The smallest absolute Gasteiger partial charge is 0.272 e. The molecule has 2 aliphatic heterocycles. The van der Waals surface area contributed by atoms with E-state index < -0.39 is 5.60 Å². The van der Waals surface area contributed by atoms with E-state index in [-0.39, 0.29) is 18.4 Å². The molecule has 1 fully saturated rings. The molecule has 7 heteroatoms. The monoisotopic (exact) mass is 437 g/mol. The average Bonchev–Trinajstić information content (AvgIpc) is 2.84. The quantitative estimate of drug-likeness (QED) is 0.722. The zero-order valence-electron chi connectivity index (χ0n) is 18.7. The number of benzene rings is 1. The lowest BCUT2D eigenvalue weighted by Gasteiger charge is -2.44. The molecule has 1 spiro atoms. The highest BCUT2D eigenvalue weighted by Crippen LogP contribution is 2.30. The Morgan fingerprint density at radius 2 is 1.94 bits per heavy atom. The first-order chi connectivity index (χ1) is 15.6. The minimum Gasteiger partial charge on any atom is -0.491 e. The number of carbonyl (C=O) groups is 2. The fourth-order valence-corrected chi connectivity index (χ4v) is 4.53. The summed E-state index contributed by atoms with van der Waals surface area (Å²) in [6.45, 7) is 4.45. The molecule has 2 aromatic rings. The Morgan fingerprint density at radius 1 is 1.09 bits per heavy atom. The highest BCUT2D eigenvalue weighted by atomic mass is 16.5. The first-order valence-corrected chi connectivity index (χ1v) is 11.5. The number of amides is 2. The van der Waals surface area contributed by atoms with Crippen LogP contribution in [0.4, 0.5) is 0 Å². The molecule has 0 aliphatic carbocycles. The molecule has 2 amide bonds. The van der Waals surface area contributed by atoms with Gasteiger partial charge in [0.2, 0.25) is 0 Å². The Balaban J connectivity index is 1.56. The Bertz CT molecular complexity index is 936. The third-order valence-electron chi connectivity index (χ3n) is 6.28. The Labute approximate surface area is 189 Å². The Hall–Kier alpha value is -2.93. The van der Waals surface area contributed by atoms with Crippen LogP contribution in [0.15, 0.2) is 48.7 Å². The Morgan fingerprint density at radius 3 is 2.75 bits per heavy atom. The zero-order chi connectivity index (χ0) is 22.4. The van der Waals surface area contributed by atoms with Gasteiger partial charge in [-0.25, -0.2) is 0 Å². The molecule has 170 valence electrons. The number of aryl methyl sites for hydroxylation is 1. The second-order valence-electron chi connectivity index (χ2n) is 8.33. The molecule has 1 saturated heterocycles. The van der Waals surface area contributed by atoms with Crippen molar-refractivity contribution >= 4 is 11.8 Å². The maximum atomic E-state index is 13.7. The molecule has 0 N–H and O–H groups in total. The van der Waals surface area contributed by atoms with E-state index in [2.05, 4.69) is 11.1 Å². The molecule has 0 radical (unpaired) electrons. The maximum Gasteiger partial charge on any atom is 0.272 e. The highest BCUT2D eigenvalue weighted by Gasteiger charge is 2.46. The summed E-state index contributed by atoms with van der Waals surface area (Å²) in [4.78, 5) is 34.5. The molecule has 1 atom stereocenters. The predicted octanol–water partition coefficient (Wildman–Crippen LogP) is 2.95. The fraction of sp³-hybridized carbons (Fsp3) is 0.480. The number of carbonyl (C=O) groups excluding carboxylic acids is 2. The second kappa shape index (κ2) is 10.1. The third kappa shape index (κ3) is 4.78. The van der Waals surface area contributed by atoms with Gasteiger partial charge in [-0.3, -0.25) is 14.6 Å². The minimum absolute atomic E-state index is 0.0593. The molecular weight excluding hydrogens is 406 g/mol. The molecule has 1 unspecified atom stereocenters. The van der Waals surface area contributed by atoms with Crippen molar-refractivity contribution in [2.75, 3.05) is 39.4 Å². The molecule has 7 nitrogen and oxygen atoms in total. The number of ether oxygens (including phenoxy) is 2. The lowest BCUT2D eigenvalue weighted by molar-refractivity contribution is -0.170. The van der Waals surface area contributed by atoms with Crippen LogP contribution in [0, 0.1) is 0 Å². The van der Waals surface area contributed by atoms with E-state index in [0.29, 0.717) is 45.0 Å². The molecular formula is C25H31N3O4. The van der Waals surface area contributed by atoms with Crippen LogP contribution in [0.3, 0.4) is 0 Å². The van der Waals surface area contributed by atoms with Gasteiger partial charge in [0.25, 0.3) is 11.8 Å². The summed E-state index contributed by atoms with van der Waals surface area (Å²) in [7, 11) is 0. The molecule has 1 aromatic heterocycles. The van der Waals surface area contributed by atoms with Crippen LogP contribution < -0.4 is 4.74 Å². The molecule has 0 saturated carbocycles. The average molecular weight is 438 g/mol. The molecule has 2 aliphatic rings. The first-order valence-electron chi connectivity index (χ1n) is 11.5. The second-order valence-corrected chi connectivity index (χ2v) is 8.33. The van der Waals surface area contributed by atoms with E-state index in [0.717, 1.165) is 25.0 Å². The Kier molecular flexibility index (Phi) is 7.05. The van der Waals surface area contributed by atoms with Crippen LogP contribution in [-0.4, -0.2) is 71.6 Å². The van der Waals surface area contributed by atoms with Gasteiger partial charge >= 0.3 is 0 Å². The number of likely N-dealkylation sites (N-methyl/N-ethyl adjacent to an activating group) is 1. The summed E-state index contributed by atoms with van der Waals surface area (Å²) >= 11 is 0. The first kappa shape index (κ1) is 22.3. The van der Waals surface area contributed by atoms with E-state index in [4.69, 9.17) is 9.47 Å². The van der Waals surface area contributed by atoms with Crippen LogP contribution in [0.1, 0.15) is 42.2 Å². The minimum atomic E-state index is -1.03. The van der Waals surface area contributed by atoms with Crippen LogP contribution in [-0.2, 0) is 16.0 Å². The number of nitrogens with zero attached hydrogens (tertiary/aromatic N) is 3. The number of pyridine rings is 1. The predicted molar refractivity (Wildman–Crippen MR) is 121 cm³/mol. The summed E-state index contributed by atoms with van der Waals surface area (Å²) in [5, 5.41) is 0. The van der Waals surface area contributed by atoms with Crippen LogP contribution in [0.25, 0.3) is 0 Å². The summed E-state index contributed by atoms with van der Waals surface area (Å²) in [5.41, 5.74) is 0.549. The standard InChI is InChI=1S/C25H31N3O4/c1-2-27-15-17-31-22-12-4-3-9-20(22)10-5-7-13-25(24(27)30)19-28(16-18-32-25)23(29)21-11-6-8-14-26-21/h3-4,6,8-9,11-12,14H,2,5,7,10,13,15-19H2,1H3. The van der Waals surface area contributed by atoms with Gasteiger partial charge in [0.15, 0.2) is 5.60 Å². The number of hydrogen-bond donors (Lipinski definition) is 0. The number of rotatable bonds is 2. The summed E-state index contributed by atoms with van der Waals surface area (Å²) in [6.07, 6.45) is 4.81. The summed E-state index contributed by atoms with van der Waals surface area (Å²) in [6, 6.07) is 13.4. The highest BCUT2D eigenvalue weighted by molar-refractivity contribution is 5.93. The van der Waals surface area contributed by atoms with Gasteiger partial charge in [0, 0.05) is 19.3 Å². The normalized spacial score (nSPS) is 22.5. The van der Waals surface area contributed by atoms with Crippen molar-refractivity contribution in [3.05, 3.63) is 59.9 Å². The molecule has 1 aromatic carbocycles. The van der Waals surface area contributed by atoms with Gasteiger partial charge in [0.05, 0.1) is 19.7 Å². The lowest BCUT2D eigenvalue weighted by Crippen LogP contribution is -2.62. The van der Waals surface area contributed by atoms with Crippen molar-refractivity contribution in [2.45, 2.75) is 38.2 Å². The van der Waals surface area contributed by atoms with Crippen molar-refractivity contribution in [1.82, 2.24) is 14.8 Å². The van der Waals surface area contributed by atoms with Gasteiger partial charge in [0.1, 0.15) is 18.1 Å². The van der Waals surface area contributed by atoms with E-state index >= 15 is 0 Å². The topological polar surface area (TPSA) is 72.0 Å². The molecule has 4 rings (SSSR count). The van der Waals surface area contributed by atoms with Crippen molar-refractivity contribution in [3.63, 3.8) is 0 Å². The van der Waals surface area contributed by atoms with E-state index in [1.54, 1.807) is 34.2 Å². The number of para-hydroxylation sites is 1. The zero-order valence-corrected chi connectivity index (χ0v) is 18.7.